The topological polar surface area (TPSA) is 66.2 Å². The van der Waals surface area contributed by atoms with Crippen molar-refractivity contribution in [3.8, 4) is 0 Å². The largest absolute Gasteiger partial charge is 0.444 e. The number of alkyl carbamates (subject to hydrolysis) is 1. The van der Waals surface area contributed by atoms with Crippen LogP contribution in [0.25, 0.3) is 23.1 Å². The molecule has 2 atom stereocenters. The van der Waals surface area contributed by atoms with Gasteiger partial charge in [-0.15, -0.1) is 23.2 Å². The van der Waals surface area contributed by atoms with Crippen molar-refractivity contribution in [2.45, 2.75) is 43.5 Å². The lowest BCUT2D eigenvalue weighted by atomic mass is 10.0. The lowest BCUT2D eigenvalue weighted by molar-refractivity contribution is 0.0528. The first-order chi connectivity index (χ1) is 15.6. The predicted molar refractivity (Wildman–Crippen MR) is 138 cm³/mol. The summed E-state index contributed by atoms with van der Waals surface area (Å²) in [5.74, 6) is 0. The van der Waals surface area contributed by atoms with Gasteiger partial charge in [-0.3, -0.25) is 0 Å². The summed E-state index contributed by atoms with van der Waals surface area (Å²) < 4.78 is 5.35. The zero-order chi connectivity index (χ0) is 23.8. The molecule has 1 heterocycles. The van der Waals surface area contributed by atoms with E-state index in [0.717, 1.165) is 38.4 Å². The van der Waals surface area contributed by atoms with E-state index in [1.54, 1.807) is 0 Å². The summed E-state index contributed by atoms with van der Waals surface area (Å²) in [7, 11) is 0. The van der Waals surface area contributed by atoms with E-state index in [9.17, 15) is 4.79 Å². The van der Waals surface area contributed by atoms with Crippen LogP contribution >= 0.6 is 34.8 Å². The zero-order valence-electron chi connectivity index (χ0n) is 18.6. The smallest absolute Gasteiger partial charge is 0.407 e. The van der Waals surface area contributed by atoms with E-state index >= 15 is 0 Å². The molecule has 1 aliphatic carbocycles. The van der Waals surface area contributed by atoms with Gasteiger partial charge in [0.25, 0.3) is 0 Å². The maximum absolute atomic E-state index is 12.1. The van der Waals surface area contributed by atoms with Gasteiger partial charge in [0.2, 0.25) is 0 Å². The fourth-order valence-electron chi connectivity index (χ4n) is 3.81. The van der Waals surface area contributed by atoms with Gasteiger partial charge in [-0.1, -0.05) is 17.7 Å². The number of anilines is 2. The van der Waals surface area contributed by atoms with Gasteiger partial charge in [-0.25, -0.2) is 4.79 Å². The van der Waals surface area contributed by atoms with Crippen LogP contribution in [-0.4, -0.2) is 34.0 Å². The summed E-state index contributed by atoms with van der Waals surface area (Å²) in [6.45, 7) is 5.95. The van der Waals surface area contributed by atoms with Gasteiger partial charge in [0.1, 0.15) is 5.60 Å². The fourth-order valence-corrected chi connectivity index (χ4v) is 4.33. The van der Waals surface area contributed by atoms with E-state index in [4.69, 9.17) is 39.5 Å². The molecule has 5 nitrogen and oxygen atoms in total. The second-order valence-electron chi connectivity index (χ2n) is 9.04. The van der Waals surface area contributed by atoms with Gasteiger partial charge in [0.15, 0.2) is 0 Å². The van der Waals surface area contributed by atoms with E-state index in [1.165, 1.54) is 0 Å². The molecule has 8 heteroatoms. The molecular weight excluding hydrogens is 481 g/mol. The third kappa shape index (κ3) is 5.78. The quantitative estimate of drug-likeness (QED) is 0.405. The van der Waals surface area contributed by atoms with E-state index < -0.39 is 11.7 Å². The van der Waals surface area contributed by atoms with Crippen LogP contribution in [0.15, 0.2) is 36.4 Å². The van der Waals surface area contributed by atoms with Crippen molar-refractivity contribution >= 4 is 75.3 Å². The minimum atomic E-state index is -0.542. The molecule has 33 heavy (non-hydrogen) atoms. The highest BCUT2D eigenvalue weighted by Gasteiger charge is 2.19. The second-order valence-corrected chi connectivity index (χ2v) is 10.5. The predicted octanol–water partition coefficient (Wildman–Crippen LogP) is 5.42. The molecule has 174 valence electrons. The number of amides is 1. The van der Waals surface area contributed by atoms with Crippen LogP contribution in [0.5, 0.6) is 0 Å². The molecule has 0 spiro atoms. The van der Waals surface area contributed by atoms with E-state index in [2.05, 4.69) is 27.8 Å². The third-order valence-electron chi connectivity index (χ3n) is 5.21. The molecule has 4 rings (SSSR count). The highest BCUT2D eigenvalue weighted by atomic mass is 35.5. The molecule has 3 N–H and O–H groups in total. The minimum absolute atomic E-state index is 0.281. The van der Waals surface area contributed by atoms with E-state index in [1.807, 2.05) is 57.2 Å². The van der Waals surface area contributed by atoms with Crippen molar-refractivity contribution in [2.24, 2.45) is 0 Å². The SMILES string of the molecule is CC(C)(C)OC(=O)NCCc1cc(Nc2ccc(Cl)cc2)cc2c3c([nH]c12)=CC(Cl)C(Cl)C=3. The third-order valence-corrected chi connectivity index (χ3v) is 6.39. The van der Waals surface area contributed by atoms with Crippen LogP contribution in [0.2, 0.25) is 5.02 Å². The number of aromatic nitrogens is 1. The summed E-state index contributed by atoms with van der Waals surface area (Å²) in [4.78, 5) is 15.6. The molecule has 1 aliphatic rings. The molecule has 0 fully saturated rings. The maximum Gasteiger partial charge on any atom is 0.407 e. The average Bonchev–Trinajstić information content (AvgIpc) is 3.06. The first kappa shape index (κ1) is 23.8. The summed E-state index contributed by atoms with van der Waals surface area (Å²) in [6, 6.07) is 11.7. The summed E-state index contributed by atoms with van der Waals surface area (Å²) in [6.07, 6.45) is 4.11. The van der Waals surface area contributed by atoms with Gasteiger partial charge >= 0.3 is 6.09 Å². The molecule has 0 saturated heterocycles. The average molecular weight is 507 g/mol. The second kappa shape index (κ2) is 9.49. The monoisotopic (exact) mass is 505 g/mol. The molecule has 0 saturated carbocycles. The molecular formula is C25H26Cl3N3O2. The Morgan fingerprint density at radius 2 is 1.76 bits per heavy atom. The highest BCUT2D eigenvalue weighted by Crippen LogP contribution is 2.26. The number of nitrogens with one attached hydrogen (secondary N) is 3. The summed E-state index contributed by atoms with van der Waals surface area (Å²) in [5, 5.41) is 9.41. The van der Waals surface area contributed by atoms with Gasteiger partial charge in [-0.2, -0.15) is 0 Å². The number of hydrogen-bond donors (Lipinski definition) is 3. The van der Waals surface area contributed by atoms with Gasteiger partial charge in [0.05, 0.1) is 10.8 Å². The normalized spacial score (nSPS) is 17.6. The number of H-pyrrole nitrogens is 1. The van der Waals surface area contributed by atoms with Crippen LogP contribution in [0, 0.1) is 0 Å². The molecule has 0 radical (unpaired) electrons. The Kier molecular flexibility index (Phi) is 6.85. The number of alkyl halides is 2. The Bertz CT molecular complexity index is 1290. The van der Waals surface area contributed by atoms with Crippen LogP contribution in [0.1, 0.15) is 26.3 Å². The summed E-state index contributed by atoms with van der Waals surface area (Å²) in [5.41, 5.74) is 3.35. The number of fused-ring (bicyclic) bond motifs is 3. The Morgan fingerprint density at radius 3 is 2.45 bits per heavy atom. The van der Waals surface area contributed by atoms with Crippen LogP contribution < -0.4 is 21.2 Å². The lowest BCUT2D eigenvalue weighted by Gasteiger charge is -2.19. The number of carbonyl (C=O) groups excluding carboxylic acids is 1. The minimum Gasteiger partial charge on any atom is -0.444 e. The fraction of sp³-hybridized carbons (Fsp3) is 0.320. The number of aromatic amines is 1. The standard InChI is InChI=1S/C25H26Cl3N3O2/c1-25(2,3)33-24(32)29-9-8-14-10-17(30-16-6-4-15(26)5-7-16)11-19-18-12-20(27)21(28)13-22(18)31-23(14)19/h4-7,10-13,20-21,30-31H,8-9H2,1-3H3,(H,29,32). The van der Waals surface area contributed by atoms with Gasteiger partial charge < -0.3 is 20.4 Å². The lowest BCUT2D eigenvalue weighted by Crippen LogP contribution is -2.33. The molecule has 0 bridgehead atoms. The molecule has 0 aliphatic heterocycles. The molecule has 1 amide bonds. The summed E-state index contributed by atoms with van der Waals surface area (Å²) >= 11 is 18.8. The first-order valence-corrected chi connectivity index (χ1v) is 12.0. The zero-order valence-corrected chi connectivity index (χ0v) is 20.9. The van der Waals surface area contributed by atoms with Crippen LogP contribution in [0.4, 0.5) is 16.2 Å². The van der Waals surface area contributed by atoms with E-state index in [-0.39, 0.29) is 10.8 Å². The molecule has 2 aromatic carbocycles. The van der Waals surface area contributed by atoms with Crippen molar-refractivity contribution in [1.29, 1.82) is 0 Å². The molecule has 2 unspecified atom stereocenters. The van der Waals surface area contributed by atoms with Crippen molar-refractivity contribution in [3.63, 3.8) is 0 Å². The van der Waals surface area contributed by atoms with Crippen LogP contribution in [-0.2, 0) is 11.2 Å². The van der Waals surface area contributed by atoms with Crippen molar-refractivity contribution in [3.05, 3.63) is 57.6 Å². The Labute approximate surface area is 207 Å². The number of halogens is 3. The number of rotatable bonds is 5. The highest BCUT2D eigenvalue weighted by molar-refractivity contribution is 6.35. The van der Waals surface area contributed by atoms with Crippen molar-refractivity contribution < 1.29 is 9.53 Å². The Morgan fingerprint density at radius 1 is 1.06 bits per heavy atom. The van der Waals surface area contributed by atoms with E-state index in [0.29, 0.717) is 18.0 Å². The molecule has 3 aromatic rings. The van der Waals surface area contributed by atoms with Crippen LogP contribution in [0.3, 0.4) is 0 Å². The van der Waals surface area contributed by atoms with Gasteiger partial charge in [0, 0.05) is 44.4 Å². The van der Waals surface area contributed by atoms with Gasteiger partial charge in [-0.05, 0) is 75.2 Å². The van der Waals surface area contributed by atoms with Crippen molar-refractivity contribution in [1.82, 2.24) is 10.3 Å². The number of benzene rings is 2. The Hall–Kier alpha value is -2.34. The maximum atomic E-state index is 12.1. The first-order valence-electron chi connectivity index (χ1n) is 10.7. The van der Waals surface area contributed by atoms with Crippen molar-refractivity contribution in [2.75, 3.05) is 11.9 Å². The Balaban J connectivity index is 1.68. The number of carbonyl (C=O) groups is 1. The molecule has 1 aromatic heterocycles. The number of hydrogen-bond acceptors (Lipinski definition) is 3. The number of ether oxygens (including phenoxy) is 1.